The Morgan fingerprint density at radius 2 is 1.95 bits per heavy atom. The van der Waals surface area contributed by atoms with Gasteiger partial charge in [-0.3, -0.25) is 4.79 Å². The number of benzene rings is 1. The number of anilines is 1. The van der Waals surface area contributed by atoms with Crippen molar-refractivity contribution >= 4 is 17.6 Å². The second kappa shape index (κ2) is 7.11. The van der Waals surface area contributed by atoms with Crippen molar-refractivity contribution in [2.75, 3.05) is 12.4 Å². The Morgan fingerprint density at radius 1 is 1.19 bits per heavy atom. The molecule has 5 nitrogen and oxygen atoms in total. The van der Waals surface area contributed by atoms with E-state index in [1.807, 2.05) is 0 Å². The van der Waals surface area contributed by atoms with Gasteiger partial charge in [-0.1, -0.05) is 25.8 Å². The number of carbonyl (C=O) groups is 2. The first kappa shape index (κ1) is 15.4. The number of amides is 3. The Morgan fingerprint density at radius 3 is 2.67 bits per heavy atom. The monoisotopic (exact) mass is 289 g/mol. The third kappa shape index (κ3) is 4.21. The zero-order valence-corrected chi connectivity index (χ0v) is 12.6. The molecular formula is C16H23N3O2. The lowest BCUT2D eigenvalue weighted by Gasteiger charge is -2.29. The molecule has 0 aliphatic heterocycles. The standard InChI is InChI=1S/C16H23N3O2/c1-11-6-3-4-9-14(11)19-16(21)18-13-8-5-7-12(10-13)15(20)17-2/h5,7-8,10-11,14H,3-4,6,9H2,1-2H3,(H,17,20)(H2,18,19,21)/t11-,14+/m1/s1. The zero-order chi connectivity index (χ0) is 15.2. The van der Waals surface area contributed by atoms with Gasteiger partial charge >= 0.3 is 6.03 Å². The summed E-state index contributed by atoms with van der Waals surface area (Å²) in [7, 11) is 1.58. The van der Waals surface area contributed by atoms with Crippen LogP contribution in [0.25, 0.3) is 0 Å². The van der Waals surface area contributed by atoms with E-state index in [1.54, 1.807) is 31.3 Å². The number of rotatable bonds is 3. The molecule has 0 unspecified atom stereocenters. The summed E-state index contributed by atoms with van der Waals surface area (Å²) in [5, 5.41) is 8.39. The highest BCUT2D eigenvalue weighted by Gasteiger charge is 2.22. The van der Waals surface area contributed by atoms with Crippen molar-refractivity contribution in [3.63, 3.8) is 0 Å². The maximum absolute atomic E-state index is 12.1. The van der Waals surface area contributed by atoms with E-state index in [-0.39, 0.29) is 18.0 Å². The number of hydrogen-bond donors (Lipinski definition) is 3. The van der Waals surface area contributed by atoms with Gasteiger partial charge in [0.1, 0.15) is 0 Å². The first-order valence-corrected chi connectivity index (χ1v) is 7.50. The zero-order valence-electron chi connectivity index (χ0n) is 12.6. The van der Waals surface area contributed by atoms with Gasteiger partial charge in [0.25, 0.3) is 5.91 Å². The van der Waals surface area contributed by atoms with Crippen molar-refractivity contribution in [1.29, 1.82) is 0 Å². The number of urea groups is 1. The largest absolute Gasteiger partial charge is 0.355 e. The van der Waals surface area contributed by atoms with Crippen LogP contribution in [0, 0.1) is 5.92 Å². The summed E-state index contributed by atoms with van der Waals surface area (Å²) in [5.41, 5.74) is 1.15. The van der Waals surface area contributed by atoms with Gasteiger partial charge in [-0.05, 0) is 37.0 Å². The molecule has 1 aromatic carbocycles. The van der Waals surface area contributed by atoms with E-state index < -0.39 is 0 Å². The van der Waals surface area contributed by atoms with Crippen molar-refractivity contribution in [3.05, 3.63) is 29.8 Å². The molecule has 1 fully saturated rings. The van der Waals surface area contributed by atoms with E-state index in [4.69, 9.17) is 0 Å². The molecule has 114 valence electrons. The fraction of sp³-hybridized carbons (Fsp3) is 0.500. The van der Waals surface area contributed by atoms with Gasteiger partial charge in [-0.25, -0.2) is 4.79 Å². The molecule has 5 heteroatoms. The van der Waals surface area contributed by atoms with Crippen molar-refractivity contribution in [3.8, 4) is 0 Å². The lowest BCUT2D eigenvalue weighted by molar-refractivity contribution is 0.0963. The highest BCUT2D eigenvalue weighted by atomic mass is 16.2. The Balaban J connectivity index is 1.94. The molecule has 2 atom stereocenters. The number of nitrogens with one attached hydrogen (secondary N) is 3. The molecule has 0 radical (unpaired) electrons. The maximum atomic E-state index is 12.1. The SMILES string of the molecule is CNC(=O)c1cccc(NC(=O)N[C@H]2CCCC[C@H]2C)c1. The van der Waals surface area contributed by atoms with Crippen LogP contribution in [-0.4, -0.2) is 25.0 Å². The Labute approximate surface area is 125 Å². The highest BCUT2D eigenvalue weighted by Crippen LogP contribution is 2.23. The van der Waals surface area contributed by atoms with Crippen LogP contribution in [0.3, 0.4) is 0 Å². The summed E-state index contributed by atoms with van der Waals surface area (Å²) >= 11 is 0. The van der Waals surface area contributed by atoms with E-state index in [9.17, 15) is 9.59 Å². The average Bonchev–Trinajstić information content (AvgIpc) is 2.49. The molecule has 1 aliphatic carbocycles. The van der Waals surface area contributed by atoms with Crippen molar-refractivity contribution in [2.24, 2.45) is 5.92 Å². The molecule has 21 heavy (non-hydrogen) atoms. The van der Waals surface area contributed by atoms with E-state index in [1.165, 1.54) is 12.8 Å². The third-order valence-electron chi connectivity index (χ3n) is 4.04. The Hall–Kier alpha value is -2.04. The summed E-state index contributed by atoms with van der Waals surface area (Å²) in [6, 6.07) is 6.94. The number of carbonyl (C=O) groups excluding carboxylic acids is 2. The summed E-state index contributed by atoms with van der Waals surface area (Å²) in [4.78, 5) is 23.6. The van der Waals surface area contributed by atoms with Crippen LogP contribution in [-0.2, 0) is 0 Å². The van der Waals surface area contributed by atoms with Crippen LogP contribution >= 0.6 is 0 Å². The molecule has 0 saturated heterocycles. The van der Waals surface area contributed by atoms with Crippen LogP contribution in [0.15, 0.2) is 24.3 Å². The van der Waals surface area contributed by atoms with Crippen LogP contribution in [0.5, 0.6) is 0 Å². The lowest BCUT2D eigenvalue weighted by Crippen LogP contribution is -2.43. The molecule has 2 rings (SSSR count). The van der Waals surface area contributed by atoms with Crippen LogP contribution in [0.4, 0.5) is 10.5 Å². The summed E-state index contributed by atoms with van der Waals surface area (Å²) in [5.74, 6) is 0.349. The lowest BCUT2D eigenvalue weighted by atomic mass is 9.86. The van der Waals surface area contributed by atoms with Gasteiger partial charge in [-0.2, -0.15) is 0 Å². The second-order valence-electron chi connectivity index (χ2n) is 5.63. The van der Waals surface area contributed by atoms with Gasteiger partial charge in [0, 0.05) is 24.3 Å². The minimum absolute atomic E-state index is 0.167. The number of hydrogen-bond acceptors (Lipinski definition) is 2. The minimum atomic E-state index is -0.206. The van der Waals surface area contributed by atoms with Crippen LogP contribution in [0.2, 0.25) is 0 Å². The topological polar surface area (TPSA) is 70.2 Å². The van der Waals surface area contributed by atoms with Crippen LogP contribution in [0.1, 0.15) is 43.0 Å². The third-order valence-corrected chi connectivity index (χ3v) is 4.04. The quantitative estimate of drug-likeness (QED) is 0.800. The van der Waals surface area contributed by atoms with E-state index in [2.05, 4.69) is 22.9 Å². The smallest absolute Gasteiger partial charge is 0.319 e. The molecule has 1 saturated carbocycles. The maximum Gasteiger partial charge on any atom is 0.319 e. The first-order chi connectivity index (χ1) is 10.1. The Kier molecular flexibility index (Phi) is 5.20. The molecule has 1 aromatic rings. The fourth-order valence-electron chi connectivity index (χ4n) is 2.75. The molecule has 0 aromatic heterocycles. The summed E-state index contributed by atoms with van der Waals surface area (Å²) < 4.78 is 0. The normalized spacial score (nSPS) is 21.4. The predicted octanol–water partition coefficient (Wildman–Crippen LogP) is 2.75. The molecular weight excluding hydrogens is 266 g/mol. The molecule has 3 N–H and O–H groups in total. The van der Waals surface area contributed by atoms with Crippen molar-refractivity contribution in [1.82, 2.24) is 10.6 Å². The molecule has 0 spiro atoms. The Bertz CT molecular complexity index is 516. The highest BCUT2D eigenvalue weighted by molar-refractivity contribution is 5.96. The van der Waals surface area contributed by atoms with Gasteiger partial charge < -0.3 is 16.0 Å². The first-order valence-electron chi connectivity index (χ1n) is 7.50. The van der Waals surface area contributed by atoms with E-state index in [0.717, 1.165) is 12.8 Å². The van der Waals surface area contributed by atoms with Gasteiger partial charge in [0.15, 0.2) is 0 Å². The minimum Gasteiger partial charge on any atom is -0.355 e. The van der Waals surface area contributed by atoms with E-state index >= 15 is 0 Å². The van der Waals surface area contributed by atoms with Crippen LogP contribution < -0.4 is 16.0 Å². The molecule has 3 amide bonds. The van der Waals surface area contributed by atoms with E-state index in [0.29, 0.717) is 17.2 Å². The van der Waals surface area contributed by atoms with Gasteiger partial charge in [0.05, 0.1) is 0 Å². The second-order valence-corrected chi connectivity index (χ2v) is 5.63. The summed E-state index contributed by atoms with van der Waals surface area (Å²) in [6.45, 7) is 2.18. The predicted molar refractivity (Wildman–Crippen MR) is 83.4 cm³/mol. The van der Waals surface area contributed by atoms with Crippen molar-refractivity contribution < 1.29 is 9.59 Å². The molecule has 0 bridgehead atoms. The average molecular weight is 289 g/mol. The van der Waals surface area contributed by atoms with Gasteiger partial charge in [0.2, 0.25) is 0 Å². The molecule has 1 aliphatic rings. The molecule has 0 heterocycles. The fourth-order valence-corrected chi connectivity index (χ4v) is 2.75. The summed E-state index contributed by atoms with van der Waals surface area (Å²) in [6.07, 6.45) is 4.61. The van der Waals surface area contributed by atoms with Crippen molar-refractivity contribution in [2.45, 2.75) is 38.6 Å². The van der Waals surface area contributed by atoms with Gasteiger partial charge in [-0.15, -0.1) is 0 Å².